The van der Waals surface area contributed by atoms with E-state index in [4.69, 9.17) is 4.74 Å². The van der Waals surface area contributed by atoms with Gasteiger partial charge in [-0.3, -0.25) is 10.3 Å². The molecule has 1 amide bonds. The van der Waals surface area contributed by atoms with Crippen LogP contribution in [-0.4, -0.2) is 17.6 Å². The van der Waals surface area contributed by atoms with E-state index in [0.717, 1.165) is 37.3 Å². The maximum atomic E-state index is 12.2. The average Bonchev–Trinajstić information content (AvgIpc) is 3.11. The van der Waals surface area contributed by atoms with Gasteiger partial charge in [-0.05, 0) is 66.4 Å². The summed E-state index contributed by atoms with van der Waals surface area (Å²) in [6.07, 6.45) is 3.24. The smallest absolute Gasteiger partial charge is 0.410 e. The van der Waals surface area contributed by atoms with Gasteiger partial charge in [-0.25, -0.2) is 4.79 Å². The number of aryl methyl sites for hydroxylation is 1. The number of hydrogen-bond donors (Lipinski definition) is 1. The molecule has 2 aromatic carbocycles. The largest absolute Gasteiger partial charge is 0.417 e. The molecule has 0 spiro atoms. The first kappa shape index (κ1) is 18.0. The number of fused-ring (bicyclic) bond motifs is 1. The third-order valence-corrected chi connectivity index (χ3v) is 4.94. The van der Waals surface area contributed by atoms with E-state index >= 15 is 0 Å². The summed E-state index contributed by atoms with van der Waals surface area (Å²) in [6, 6.07) is 19.6. The van der Waals surface area contributed by atoms with Crippen LogP contribution in [-0.2, 0) is 19.4 Å². The summed E-state index contributed by atoms with van der Waals surface area (Å²) < 4.78 is 5.47. The zero-order valence-corrected chi connectivity index (χ0v) is 15.9. The number of anilines is 2. The van der Waals surface area contributed by atoms with Crippen molar-refractivity contribution in [3.8, 4) is 5.75 Å². The normalized spacial score (nSPS) is 12.5. The molecule has 3 aromatic rings. The van der Waals surface area contributed by atoms with Crippen molar-refractivity contribution in [2.75, 3.05) is 16.8 Å². The van der Waals surface area contributed by atoms with E-state index in [1.807, 2.05) is 66.9 Å². The molecule has 1 aliphatic rings. The van der Waals surface area contributed by atoms with Gasteiger partial charge < -0.3 is 9.64 Å². The molecule has 0 saturated heterocycles. The van der Waals surface area contributed by atoms with Gasteiger partial charge in [0.05, 0.1) is 12.2 Å². The Balaban J connectivity index is 1.39. The predicted molar refractivity (Wildman–Crippen MR) is 111 cm³/mol. The van der Waals surface area contributed by atoms with E-state index in [9.17, 15) is 4.79 Å². The molecular weight excluding hydrogens is 350 g/mol. The second kappa shape index (κ2) is 8.13. The topological polar surface area (TPSA) is 54.5 Å². The Labute approximate surface area is 165 Å². The molecule has 0 radical (unpaired) electrons. The molecule has 5 nitrogen and oxygen atoms in total. The number of ether oxygens (including phenoxy) is 1. The maximum Gasteiger partial charge on any atom is 0.417 e. The minimum atomic E-state index is -0.479. The molecule has 0 fully saturated rings. The first-order valence-corrected chi connectivity index (χ1v) is 9.57. The van der Waals surface area contributed by atoms with Gasteiger partial charge >= 0.3 is 6.09 Å². The molecule has 0 aliphatic carbocycles. The number of rotatable bonds is 5. The van der Waals surface area contributed by atoms with Crippen LogP contribution >= 0.6 is 0 Å². The van der Waals surface area contributed by atoms with E-state index in [1.165, 1.54) is 16.8 Å². The quantitative estimate of drug-likeness (QED) is 0.697. The highest BCUT2D eigenvalue weighted by Crippen LogP contribution is 2.32. The van der Waals surface area contributed by atoms with Gasteiger partial charge in [0.25, 0.3) is 0 Å². The molecule has 0 saturated carbocycles. The predicted octanol–water partition coefficient (Wildman–Crippen LogP) is 4.82. The van der Waals surface area contributed by atoms with Crippen LogP contribution in [0.4, 0.5) is 16.2 Å². The fourth-order valence-electron chi connectivity index (χ4n) is 3.44. The van der Waals surface area contributed by atoms with Crippen molar-refractivity contribution in [2.24, 2.45) is 0 Å². The van der Waals surface area contributed by atoms with Crippen LogP contribution in [0.2, 0.25) is 0 Å². The lowest BCUT2D eigenvalue weighted by Crippen LogP contribution is -2.20. The van der Waals surface area contributed by atoms with Gasteiger partial charge in [0.1, 0.15) is 5.75 Å². The zero-order valence-electron chi connectivity index (χ0n) is 15.9. The second-order valence-electron chi connectivity index (χ2n) is 6.85. The molecule has 1 aliphatic heterocycles. The van der Waals surface area contributed by atoms with E-state index in [2.05, 4.69) is 22.1 Å². The van der Waals surface area contributed by atoms with Crippen molar-refractivity contribution in [3.63, 3.8) is 0 Å². The molecular formula is C23H23N3O2. The number of carbonyl (C=O) groups is 1. The summed E-state index contributed by atoms with van der Waals surface area (Å²) in [5.41, 5.74) is 5.36. The lowest BCUT2D eigenvalue weighted by Gasteiger charge is -2.19. The van der Waals surface area contributed by atoms with Crippen molar-refractivity contribution in [3.05, 3.63) is 83.7 Å². The number of pyridine rings is 1. The Morgan fingerprint density at radius 2 is 2.00 bits per heavy atom. The van der Waals surface area contributed by atoms with Gasteiger partial charge in [-0.1, -0.05) is 25.1 Å². The highest BCUT2D eigenvalue weighted by molar-refractivity contribution is 5.86. The van der Waals surface area contributed by atoms with Crippen LogP contribution in [0.3, 0.4) is 0 Å². The molecule has 1 aromatic heterocycles. The third-order valence-electron chi connectivity index (χ3n) is 4.94. The van der Waals surface area contributed by atoms with E-state index < -0.39 is 6.09 Å². The minimum absolute atomic E-state index is 0.479. The first-order valence-electron chi connectivity index (χ1n) is 9.57. The number of benzene rings is 2. The molecule has 0 bridgehead atoms. The van der Waals surface area contributed by atoms with Gasteiger partial charge in [0.15, 0.2) is 0 Å². The molecule has 4 rings (SSSR count). The monoisotopic (exact) mass is 373 g/mol. The lowest BCUT2D eigenvalue weighted by atomic mass is 10.1. The number of nitrogens with one attached hydrogen (secondary N) is 1. The van der Waals surface area contributed by atoms with Crippen LogP contribution in [0.25, 0.3) is 0 Å². The molecule has 5 heteroatoms. The van der Waals surface area contributed by atoms with E-state index in [0.29, 0.717) is 5.75 Å². The summed E-state index contributed by atoms with van der Waals surface area (Å²) in [5, 5.41) is 2.77. The van der Waals surface area contributed by atoms with Crippen molar-refractivity contribution in [1.82, 2.24) is 4.98 Å². The number of amides is 1. The van der Waals surface area contributed by atoms with Crippen LogP contribution in [0.5, 0.6) is 5.75 Å². The highest BCUT2D eigenvalue weighted by atomic mass is 16.6. The number of nitrogens with zero attached hydrogens (tertiary/aromatic N) is 2. The van der Waals surface area contributed by atoms with Crippen molar-refractivity contribution < 1.29 is 9.53 Å². The summed E-state index contributed by atoms with van der Waals surface area (Å²) in [5.74, 6) is 0.557. The fraction of sp³-hybridized carbons (Fsp3) is 0.217. The van der Waals surface area contributed by atoms with Gasteiger partial charge in [-0.15, -0.1) is 0 Å². The van der Waals surface area contributed by atoms with Gasteiger partial charge in [0.2, 0.25) is 0 Å². The van der Waals surface area contributed by atoms with Crippen LogP contribution in [0, 0.1) is 0 Å². The van der Waals surface area contributed by atoms with Crippen molar-refractivity contribution in [2.45, 2.75) is 26.3 Å². The number of aromatic nitrogens is 1. The molecule has 142 valence electrons. The Morgan fingerprint density at radius 3 is 2.75 bits per heavy atom. The van der Waals surface area contributed by atoms with Crippen LogP contribution < -0.4 is 15.0 Å². The fourth-order valence-corrected chi connectivity index (χ4v) is 3.44. The average molecular weight is 373 g/mol. The Hall–Kier alpha value is -3.34. The van der Waals surface area contributed by atoms with Gasteiger partial charge in [-0.2, -0.15) is 0 Å². The van der Waals surface area contributed by atoms with Crippen LogP contribution in [0.1, 0.15) is 23.7 Å². The summed E-state index contributed by atoms with van der Waals surface area (Å²) in [4.78, 5) is 18.9. The van der Waals surface area contributed by atoms with Crippen molar-refractivity contribution in [1.29, 1.82) is 0 Å². The molecule has 2 heterocycles. The van der Waals surface area contributed by atoms with Crippen LogP contribution in [0.15, 0.2) is 66.9 Å². The Kier molecular flexibility index (Phi) is 5.24. The first-order chi connectivity index (χ1) is 13.7. The van der Waals surface area contributed by atoms with E-state index in [-0.39, 0.29) is 0 Å². The Morgan fingerprint density at radius 1 is 1.14 bits per heavy atom. The maximum absolute atomic E-state index is 12.2. The molecule has 28 heavy (non-hydrogen) atoms. The highest BCUT2D eigenvalue weighted by Gasteiger charge is 2.20. The Bertz CT molecular complexity index is 955. The van der Waals surface area contributed by atoms with E-state index in [1.54, 1.807) is 0 Å². The second-order valence-corrected chi connectivity index (χ2v) is 6.85. The summed E-state index contributed by atoms with van der Waals surface area (Å²) >= 11 is 0. The van der Waals surface area contributed by atoms with Crippen molar-refractivity contribution >= 4 is 17.5 Å². The molecule has 0 unspecified atom stereocenters. The molecule has 0 atom stereocenters. The SMILES string of the molecule is CCc1ccc(NC(=O)Oc2ccc3c(c2)CCN3Cc2ccccn2)cc1. The minimum Gasteiger partial charge on any atom is -0.410 e. The summed E-state index contributed by atoms with van der Waals surface area (Å²) in [7, 11) is 0. The standard InChI is InChI=1S/C23H23N3O2/c1-2-17-6-8-19(9-7-17)25-23(27)28-21-10-11-22-18(15-21)12-14-26(22)16-20-5-3-4-13-24-20/h3-11,13,15H,2,12,14,16H2,1H3,(H,25,27). The van der Waals surface area contributed by atoms with Gasteiger partial charge in [0, 0.05) is 24.1 Å². The lowest BCUT2D eigenvalue weighted by molar-refractivity contribution is 0.215. The number of carbonyl (C=O) groups excluding carboxylic acids is 1. The summed E-state index contributed by atoms with van der Waals surface area (Å²) in [6.45, 7) is 3.82. The molecule has 1 N–H and O–H groups in total. The third kappa shape index (κ3) is 4.14. The number of hydrogen-bond acceptors (Lipinski definition) is 4. The zero-order chi connectivity index (χ0) is 19.3.